The summed E-state index contributed by atoms with van der Waals surface area (Å²) in [4.78, 5) is 25.6. The Labute approximate surface area is 190 Å². The van der Waals surface area contributed by atoms with Gasteiger partial charge >= 0.3 is 0 Å². The molecular formula is C23H36N6OS. The minimum Gasteiger partial charge on any atom is -0.369 e. The van der Waals surface area contributed by atoms with Crippen molar-refractivity contribution in [2.45, 2.75) is 56.2 Å². The van der Waals surface area contributed by atoms with Gasteiger partial charge in [-0.2, -0.15) is 11.8 Å². The molecule has 4 rings (SSSR count). The summed E-state index contributed by atoms with van der Waals surface area (Å²) in [6, 6.07) is 4.10. The van der Waals surface area contributed by atoms with Crippen LogP contribution in [0, 0.1) is 5.92 Å². The number of pyridine rings is 1. The van der Waals surface area contributed by atoms with E-state index in [-0.39, 0.29) is 11.8 Å². The Morgan fingerprint density at radius 3 is 2.94 bits per heavy atom. The lowest BCUT2D eigenvalue weighted by atomic mass is 9.87. The molecule has 3 fully saturated rings. The van der Waals surface area contributed by atoms with Crippen molar-refractivity contribution in [1.29, 1.82) is 0 Å². The van der Waals surface area contributed by atoms with E-state index in [0.717, 1.165) is 49.8 Å². The minimum atomic E-state index is -0.208. The predicted octanol–water partition coefficient (Wildman–Crippen LogP) is 2.61. The van der Waals surface area contributed by atoms with E-state index < -0.39 is 0 Å². The number of hydrogen-bond acceptors (Lipinski definition) is 5. The number of aromatic nitrogens is 1. The molecule has 170 valence electrons. The molecule has 1 aliphatic carbocycles. The summed E-state index contributed by atoms with van der Waals surface area (Å²) >= 11 is 2.18. The molecule has 1 spiro atoms. The number of guanidine groups is 1. The number of anilines is 1. The first-order valence-electron chi connectivity index (χ1n) is 11.7. The van der Waals surface area contributed by atoms with Gasteiger partial charge in [0.2, 0.25) is 5.91 Å². The number of rotatable bonds is 4. The highest BCUT2D eigenvalue weighted by atomic mass is 32.2. The van der Waals surface area contributed by atoms with E-state index in [9.17, 15) is 4.79 Å². The number of hydrogen-bond donors (Lipinski definition) is 2. The molecule has 0 radical (unpaired) electrons. The van der Waals surface area contributed by atoms with E-state index in [0.29, 0.717) is 17.8 Å². The van der Waals surface area contributed by atoms with Crippen molar-refractivity contribution in [2.75, 3.05) is 43.9 Å². The number of carbonyl (C=O) groups is 1. The Hall–Kier alpha value is -1.96. The van der Waals surface area contributed by atoms with Gasteiger partial charge in [0.1, 0.15) is 5.82 Å². The van der Waals surface area contributed by atoms with Crippen molar-refractivity contribution in [3.63, 3.8) is 0 Å². The molecule has 1 unspecified atom stereocenters. The summed E-state index contributed by atoms with van der Waals surface area (Å²) < 4.78 is 0.408. The van der Waals surface area contributed by atoms with Gasteiger partial charge in [-0.3, -0.25) is 9.79 Å². The van der Waals surface area contributed by atoms with Crippen LogP contribution in [-0.2, 0) is 11.3 Å². The Morgan fingerprint density at radius 2 is 2.16 bits per heavy atom. The largest absolute Gasteiger partial charge is 0.369 e. The first-order chi connectivity index (χ1) is 15.1. The quantitative estimate of drug-likeness (QED) is 0.548. The lowest BCUT2D eigenvalue weighted by Crippen LogP contribution is -2.53. The molecule has 31 heavy (non-hydrogen) atoms. The summed E-state index contributed by atoms with van der Waals surface area (Å²) in [6.45, 7) is 4.36. The number of thioether (sulfide) groups is 1. The monoisotopic (exact) mass is 444 g/mol. The molecule has 1 amide bonds. The smallest absolute Gasteiger partial charge is 0.222 e. The highest BCUT2D eigenvalue weighted by Gasteiger charge is 2.38. The number of nitrogens with two attached hydrogens (primary N) is 1. The summed E-state index contributed by atoms with van der Waals surface area (Å²) in [5.74, 6) is 2.80. The summed E-state index contributed by atoms with van der Waals surface area (Å²) in [5.41, 5.74) is 6.71. The van der Waals surface area contributed by atoms with Crippen LogP contribution in [0.5, 0.6) is 0 Å². The third-order valence-corrected chi connectivity index (χ3v) is 8.49. The van der Waals surface area contributed by atoms with E-state index >= 15 is 0 Å². The molecule has 8 heteroatoms. The summed E-state index contributed by atoms with van der Waals surface area (Å²) in [6.07, 6.45) is 10.4. The molecule has 7 nitrogen and oxygen atoms in total. The molecule has 0 aromatic carbocycles. The first kappa shape index (κ1) is 22.2. The second-order valence-corrected chi connectivity index (χ2v) is 10.7. The highest BCUT2D eigenvalue weighted by molar-refractivity contribution is 8.00. The van der Waals surface area contributed by atoms with E-state index in [2.05, 4.69) is 42.9 Å². The van der Waals surface area contributed by atoms with E-state index in [1.165, 1.54) is 37.9 Å². The maximum absolute atomic E-state index is 11.7. The molecule has 2 aliphatic heterocycles. The zero-order valence-corrected chi connectivity index (χ0v) is 19.5. The number of nitrogens with one attached hydrogen (secondary N) is 1. The highest BCUT2D eigenvalue weighted by Crippen LogP contribution is 2.42. The standard InChI is InChI=1S/C23H36N6OS/c1-25-22(29-13-14-31-23(17-29)9-3-2-4-10-23)27-15-18-7-5-11-26-21(18)28-12-6-8-19(16-28)20(24)30/h5,7,11,19H,2-4,6,8-10,12-17H2,1H3,(H2,24,30)(H,25,27). The van der Waals surface area contributed by atoms with Gasteiger partial charge in [0.05, 0.1) is 5.92 Å². The molecule has 1 atom stereocenters. The predicted molar refractivity (Wildman–Crippen MR) is 128 cm³/mol. The SMILES string of the molecule is CN=C(NCc1cccnc1N1CCCC(C(N)=O)C1)N1CCSC2(CCCCC2)C1. The van der Waals surface area contributed by atoms with Crippen molar-refractivity contribution >= 4 is 29.4 Å². The van der Waals surface area contributed by atoms with E-state index in [1.54, 1.807) is 0 Å². The van der Waals surface area contributed by atoms with Crippen LogP contribution in [-0.4, -0.2) is 65.5 Å². The van der Waals surface area contributed by atoms with Crippen LogP contribution in [0.3, 0.4) is 0 Å². The molecule has 1 aromatic rings. The Balaban J connectivity index is 1.42. The number of carbonyl (C=O) groups excluding carboxylic acids is 1. The van der Waals surface area contributed by atoms with Crippen LogP contribution in [0.25, 0.3) is 0 Å². The van der Waals surface area contributed by atoms with Gasteiger partial charge in [-0.25, -0.2) is 4.98 Å². The van der Waals surface area contributed by atoms with E-state index in [1.807, 2.05) is 19.3 Å². The van der Waals surface area contributed by atoms with Crippen molar-refractivity contribution in [3.05, 3.63) is 23.9 Å². The number of aliphatic imine (C=N–C) groups is 1. The van der Waals surface area contributed by atoms with Gasteiger partial charge < -0.3 is 20.9 Å². The lowest BCUT2D eigenvalue weighted by molar-refractivity contribution is -0.122. The van der Waals surface area contributed by atoms with Gasteiger partial charge in [-0.05, 0) is 31.7 Å². The maximum Gasteiger partial charge on any atom is 0.222 e. The molecule has 1 aromatic heterocycles. The molecule has 3 N–H and O–H groups in total. The third kappa shape index (κ3) is 5.27. The minimum absolute atomic E-state index is 0.0955. The molecular weight excluding hydrogens is 408 g/mol. The fourth-order valence-corrected chi connectivity index (χ4v) is 6.85. The molecule has 3 heterocycles. The van der Waals surface area contributed by atoms with Crippen LogP contribution in [0.2, 0.25) is 0 Å². The van der Waals surface area contributed by atoms with Crippen LogP contribution in [0.4, 0.5) is 5.82 Å². The van der Waals surface area contributed by atoms with Crippen molar-refractivity contribution in [3.8, 4) is 0 Å². The summed E-state index contributed by atoms with van der Waals surface area (Å²) in [7, 11) is 1.88. The summed E-state index contributed by atoms with van der Waals surface area (Å²) in [5, 5.41) is 3.60. The Bertz CT molecular complexity index is 789. The van der Waals surface area contributed by atoms with Crippen molar-refractivity contribution < 1.29 is 4.79 Å². The lowest BCUT2D eigenvalue weighted by Gasteiger charge is -2.45. The maximum atomic E-state index is 11.7. The first-order valence-corrected chi connectivity index (χ1v) is 12.7. The van der Waals surface area contributed by atoms with Crippen LogP contribution >= 0.6 is 11.8 Å². The normalized spacial score (nSPS) is 24.3. The zero-order valence-electron chi connectivity index (χ0n) is 18.7. The zero-order chi connectivity index (χ0) is 21.7. The molecule has 1 saturated carbocycles. The second kappa shape index (κ2) is 10.1. The van der Waals surface area contributed by atoms with Crippen molar-refractivity contribution in [1.82, 2.24) is 15.2 Å². The average molecular weight is 445 g/mol. The molecule has 0 bridgehead atoms. The van der Waals surface area contributed by atoms with Crippen LogP contribution in [0.15, 0.2) is 23.3 Å². The topological polar surface area (TPSA) is 86.9 Å². The Morgan fingerprint density at radius 1 is 1.32 bits per heavy atom. The number of amides is 1. The van der Waals surface area contributed by atoms with E-state index in [4.69, 9.17) is 5.73 Å². The van der Waals surface area contributed by atoms with Gasteiger partial charge in [0.15, 0.2) is 5.96 Å². The number of nitrogens with zero attached hydrogens (tertiary/aromatic N) is 4. The van der Waals surface area contributed by atoms with Gasteiger partial charge in [0, 0.05) is 62.0 Å². The fourth-order valence-electron chi connectivity index (χ4n) is 5.29. The number of primary amides is 1. The van der Waals surface area contributed by atoms with Gasteiger partial charge in [-0.1, -0.05) is 25.3 Å². The second-order valence-electron chi connectivity index (χ2n) is 9.09. The van der Waals surface area contributed by atoms with Crippen LogP contribution < -0.4 is 16.0 Å². The van der Waals surface area contributed by atoms with Crippen LogP contribution in [0.1, 0.15) is 50.5 Å². The Kier molecular flexibility index (Phi) is 7.25. The average Bonchev–Trinajstić information content (AvgIpc) is 2.80. The molecule has 3 aliphatic rings. The molecule has 2 saturated heterocycles. The third-order valence-electron chi connectivity index (χ3n) is 6.95. The number of piperidine rings is 1. The fraction of sp³-hybridized carbons (Fsp3) is 0.696. The van der Waals surface area contributed by atoms with Crippen molar-refractivity contribution in [2.24, 2.45) is 16.6 Å². The van der Waals surface area contributed by atoms with Gasteiger partial charge in [0.25, 0.3) is 0 Å². The van der Waals surface area contributed by atoms with Gasteiger partial charge in [-0.15, -0.1) is 0 Å².